The molecule has 0 spiro atoms. The lowest BCUT2D eigenvalue weighted by Gasteiger charge is -2.51. The smallest absolute Gasteiger partial charge is 0.327 e. The zero-order chi connectivity index (χ0) is 21.7. The number of hydrogen-bond acceptors (Lipinski definition) is 5. The van der Waals surface area contributed by atoms with Gasteiger partial charge in [0.05, 0.1) is 0 Å². The van der Waals surface area contributed by atoms with Gasteiger partial charge in [0.15, 0.2) is 6.10 Å². The van der Waals surface area contributed by atoms with Gasteiger partial charge in [0.25, 0.3) is 11.8 Å². The molecule has 2 saturated heterocycles. The molecule has 3 rings (SSSR count). The maximum atomic E-state index is 12.9. The highest BCUT2D eigenvalue weighted by Gasteiger charge is 2.70. The molecule has 2 heterocycles. The summed E-state index contributed by atoms with van der Waals surface area (Å²) in [6.45, 7) is 11.0. The first-order valence-electron chi connectivity index (χ1n) is 9.71. The number of nitrogens with one attached hydrogen (secondary N) is 1. The Bertz CT molecular complexity index is 871. The minimum absolute atomic E-state index is 0.373. The standard InChI is InChI=1S/C21H28N2O5S/c1-7-13(28-14-9-8-11(2)10-12(14)3)16(24)22-21(6)18(27)23-15(17(25)26)20(4,5)29-19(21)23/h8-10,13,15,19H,7H2,1-6H3,(H,22,24)(H,25,26)/t13?,15-,19+,21-/m0/s1. The maximum absolute atomic E-state index is 12.9. The third-order valence-corrected chi connectivity index (χ3v) is 7.41. The molecular weight excluding hydrogens is 392 g/mol. The largest absolute Gasteiger partial charge is 0.480 e. The van der Waals surface area contributed by atoms with Gasteiger partial charge in [0, 0.05) is 4.75 Å². The van der Waals surface area contributed by atoms with Gasteiger partial charge < -0.3 is 20.1 Å². The number of carbonyl (C=O) groups is 3. The molecule has 0 bridgehead atoms. The van der Waals surface area contributed by atoms with Crippen LogP contribution in [0.4, 0.5) is 0 Å². The Morgan fingerprint density at radius 2 is 1.97 bits per heavy atom. The summed E-state index contributed by atoms with van der Waals surface area (Å²) in [5.41, 5.74) is 0.891. The third kappa shape index (κ3) is 3.47. The summed E-state index contributed by atoms with van der Waals surface area (Å²) in [7, 11) is 0. The second-order valence-electron chi connectivity index (χ2n) is 8.50. The molecule has 2 aliphatic heterocycles. The Kier molecular flexibility index (Phi) is 5.36. The zero-order valence-electron chi connectivity index (χ0n) is 17.6. The van der Waals surface area contributed by atoms with Gasteiger partial charge >= 0.3 is 5.97 Å². The summed E-state index contributed by atoms with van der Waals surface area (Å²) in [6, 6.07) is 4.83. The van der Waals surface area contributed by atoms with Crippen LogP contribution in [-0.2, 0) is 14.4 Å². The number of ether oxygens (including phenoxy) is 1. The van der Waals surface area contributed by atoms with E-state index in [1.807, 2.05) is 52.8 Å². The molecule has 0 saturated carbocycles. The number of benzene rings is 1. The summed E-state index contributed by atoms with van der Waals surface area (Å²) >= 11 is 1.40. The maximum Gasteiger partial charge on any atom is 0.327 e. The van der Waals surface area contributed by atoms with E-state index in [-0.39, 0.29) is 11.8 Å². The average molecular weight is 421 g/mol. The van der Waals surface area contributed by atoms with Crippen molar-refractivity contribution in [1.29, 1.82) is 0 Å². The van der Waals surface area contributed by atoms with Crippen molar-refractivity contribution in [3.05, 3.63) is 29.3 Å². The number of hydrogen-bond donors (Lipinski definition) is 2. The molecule has 2 amide bonds. The highest BCUT2D eigenvalue weighted by molar-refractivity contribution is 8.01. The van der Waals surface area contributed by atoms with E-state index in [2.05, 4.69) is 5.32 Å². The molecule has 0 aliphatic carbocycles. The normalized spacial score (nSPS) is 28.3. The Morgan fingerprint density at radius 1 is 1.31 bits per heavy atom. The van der Waals surface area contributed by atoms with Crippen LogP contribution in [0.2, 0.25) is 0 Å². The van der Waals surface area contributed by atoms with Crippen LogP contribution in [0.5, 0.6) is 5.75 Å². The number of fused-ring (bicyclic) bond motifs is 1. The van der Waals surface area contributed by atoms with Gasteiger partial charge in [-0.25, -0.2) is 4.79 Å². The molecule has 2 aliphatic rings. The van der Waals surface area contributed by atoms with E-state index in [1.165, 1.54) is 16.7 Å². The van der Waals surface area contributed by atoms with Crippen LogP contribution in [0.25, 0.3) is 0 Å². The second kappa shape index (κ2) is 7.23. The summed E-state index contributed by atoms with van der Waals surface area (Å²) in [5.74, 6) is -1.15. The molecule has 0 radical (unpaired) electrons. The second-order valence-corrected chi connectivity index (χ2v) is 10.2. The number of amides is 2. The molecule has 1 aromatic rings. The topological polar surface area (TPSA) is 95.9 Å². The quantitative estimate of drug-likeness (QED) is 0.687. The van der Waals surface area contributed by atoms with Crippen molar-refractivity contribution in [1.82, 2.24) is 10.2 Å². The predicted molar refractivity (Wildman–Crippen MR) is 111 cm³/mol. The van der Waals surface area contributed by atoms with Crippen LogP contribution >= 0.6 is 11.8 Å². The van der Waals surface area contributed by atoms with Crippen molar-refractivity contribution in [2.45, 2.75) is 75.8 Å². The molecule has 4 atom stereocenters. The molecular formula is C21H28N2O5S. The molecule has 29 heavy (non-hydrogen) atoms. The third-order valence-electron chi connectivity index (χ3n) is 5.66. The summed E-state index contributed by atoms with van der Waals surface area (Å²) in [4.78, 5) is 38.9. The first-order chi connectivity index (χ1) is 13.4. The van der Waals surface area contributed by atoms with E-state index < -0.39 is 33.8 Å². The van der Waals surface area contributed by atoms with Crippen LogP contribution < -0.4 is 10.1 Å². The van der Waals surface area contributed by atoms with Gasteiger partial charge in [-0.15, -0.1) is 11.8 Å². The summed E-state index contributed by atoms with van der Waals surface area (Å²) in [5, 5.41) is 12.0. The van der Waals surface area contributed by atoms with Gasteiger partial charge in [-0.2, -0.15) is 0 Å². The number of thioether (sulfide) groups is 1. The van der Waals surface area contributed by atoms with Crippen molar-refractivity contribution in [2.75, 3.05) is 0 Å². The van der Waals surface area contributed by atoms with Crippen LogP contribution in [0.3, 0.4) is 0 Å². The van der Waals surface area contributed by atoms with Crippen LogP contribution in [-0.4, -0.2) is 55.6 Å². The van der Waals surface area contributed by atoms with Crippen LogP contribution in [0.15, 0.2) is 18.2 Å². The van der Waals surface area contributed by atoms with Crippen molar-refractivity contribution in [3.63, 3.8) is 0 Å². The Labute approximate surface area is 175 Å². The SMILES string of the molecule is CCC(Oc1ccc(C)cc1C)C(=O)N[C@@]1(C)C(=O)N2[C@@H](C(=O)O)C(C)(C)S[C@@H]21. The fraction of sp³-hybridized carbons (Fsp3) is 0.571. The van der Waals surface area contributed by atoms with Gasteiger partial charge in [-0.05, 0) is 52.7 Å². The highest BCUT2D eigenvalue weighted by atomic mass is 32.2. The molecule has 158 valence electrons. The van der Waals surface area contributed by atoms with E-state index in [4.69, 9.17) is 4.74 Å². The van der Waals surface area contributed by atoms with E-state index in [0.717, 1.165) is 11.1 Å². The minimum atomic E-state index is -1.15. The zero-order valence-corrected chi connectivity index (χ0v) is 18.4. The Balaban J connectivity index is 1.76. The molecule has 7 nitrogen and oxygen atoms in total. The summed E-state index contributed by atoms with van der Waals surface area (Å²) < 4.78 is 5.29. The molecule has 2 N–H and O–H groups in total. The fourth-order valence-corrected chi connectivity index (χ4v) is 5.73. The number of carboxylic acid groups (broad SMARTS) is 1. The lowest BCUT2D eigenvalue weighted by molar-refractivity contribution is -0.168. The number of carboxylic acids is 1. The van der Waals surface area contributed by atoms with Crippen molar-refractivity contribution < 1.29 is 24.2 Å². The van der Waals surface area contributed by atoms with E-state index in [1.54, 1.807) is 6.92 Å². The van der Waals surface area contributed by atoms with Crippen molar-refractivity contribution in [2.24, 2.45) is 0 Å². The number of carbonyl (C=O) groups excluding carboxylic acids is 2. The van der Waals surface area contributed by atoms with Crippen LogP contribution in [0.1, 0.15) is 45.2 Å². The predicted octanol–water partition coefficient (Wildman–Crippen LogP) is 2.48. The monoisotopic (exact) mass is 420 g/mol. The first kappa shape index (κ1) is 21.5. The minimum Gasteiger partial charge on any atom is -0.480 e. The van der Waals surface area contributed by atoms with Crippen LogP contribution in [0, 0.1) is 13.8 Å². The lowest BCUT2D eigenvalue weighted by Crippen LogP contribution is -2.78. The number of β-lactam (4-membered cyclic amide) rings is 1. The van der Waals surface area contributed by atoms with Gasteiger partial charge in [-0.3, -0.25) is 9.59 Å². The number of rotatable bonds is 6. The van der Waals surface area contributed by atoms with E-state index in [9.17, 15) is 19.5 Å². The van der Waals surface area contributed by atoms with Gasteiger partial charge in [0.2, 0.25) is 0 Å². The fourth-order valence-electron chi connectivity index (χ4n) is 4.08. The molecule has 1 unspecified atom stereocenters. The average Bonchev–Trinajstić information content (AvgIpc) is 2.90. The molecule has 2 fully saturated rings. The van der Waals surface area contributed by atoms with E-state index >= 15 is 0 Å². The lowest BCUT2D eigenvalue weighted by atomic mass is 9.86. The number of aryl methyl sites for hydroxylation is 2. The Hall–Kier alpha value is -2.22. The van der Waals surface area contributed by atoms with Gasteiger partial charge in [-0.1, -0.05) is 24.6 Å². The van der Waals surface area contributed by atoms with Crippen molar-refractivity contribution in [3.8, 4) is 5.75 Å². The highest BCUT2D eigenvalue weighted by Crippen LogP contribution is 2.54. The molecule has 1 aromatic carbocycles. The van der Waals surface area contributed by atoms with Gasteiger partial charge in [0.1, 0.15) is 22.7 Å². The van der Waals surface area contributed by atoms with Crippen molar-refractivity contribution >= 4 is 29.5 Å². The van der Waals surface area contributed by atoms with E-state index in [0.29, 0.717) is 12.2 Å². The Morgan fingerprint density at radius 3 is 2.52 bits per heavy atom. The number of nitrogens with zero attached hydrogens (tertiary/aromatic N) is 1. The molecule has 8 heteroatoms. The molecule has 0 aromatic heterocycles. The number of aliphatic carboxylic acids is 1. The first-order valence-corrected chi connectivity index (χ1v) is 10.6. The summed E-state index contributed by atoms with van der Waals surface area (Å²) in [6.07, 6.45) is -0.307.